The van der Waals surface area contributed by atoms with Crippen molar-refractivity contribution in [2.45, 2.75) is 51.4 Å². The second-order valence-electron chi connectivity index (χ2n) is 6.41. The molecule has 1 aromatic carbocycles. The summed E-state index contributed by atoms with van der Waals surface area (Å²) in [6.45, 7) is 4.27. The smallest absolute Gasteiger partial charge is 0.0466 e. The van der Waals surface area contributed by atoms with Crippen LogP contribution >= 0.6 is 11.6 Å². The Morgan fingerprint density at radius 3 is 2.77 bits per heavy atom. The lowest BCUT2D eigenvalue weighted by atomic mass is 9.94. The highest BCUT2D eigenvalue weighted by atomic mass is 35.5. The molecule has 1 aromatic rings. The molecule has 22 heavy (non-hydrogen) atoms. The normalized spacial score (nSPS) is 18.5. The van der Waals surface area contributed by atoms with Crippen LogP contribution in [0.1, 0.15) is 50.5 Å². The zero-order valence-corrected chi connectivity index (χ0v) is 14.4. The van der Waals surface area contributed by atoms with Crippen LogP contribution in [0, 0.1) is 5.92 Å². The quantitative estimate of drug-likeness (QED) is 0.621. The molecule has 2 nitrogen and oxygen atoms in total. The zero-order valence-electron chi connectivity index (χ0n) is 13.7. The standard InChI is InChI=1S/C19H30ClNO/c20-19-11-5-9-17(15-19)7-1-3-13-22-14-4-2-8-18-10-6-12-21-16-18/h5,9,11,15,18,21H,1-4,6-8,10,12-14,16H2. The van der Waals surface area contributed by atoms with Crippen LogP contribution in [-0.2, 0) is 11.2 Å². The van der Waals surface area contributed by atoms with Crippen molar-refractivity contribution < 1.29 is 4.74 Å². The number of piperidine rings is 1. The average Bonchev–Trinajstić information content (AvgIpc) is 2.54. The van der Waals surface area contributed by atoms with Crippen molar-refractivity contribution in [3.8, 4) is 0 Å². The lowest BCUT2D eigenvalue weighted by molar-refractivity contribution is 0.125. The monoisotopic (exact) mass is 323 g/mol. The van der Waals surface area contributed by atoms with Gasteiger partial charge in [0.25, 0.3) is 0 Å². The third-order valence-corrected chi connectivity index (χ3v) is 4.68. The van der Waals surface area contributed by atoms with E-state index in [1.165, 1.54) is 57.2 Å². The Kier molecular flexibility index (Phi) is 8.92. The molecule has 3 heteroatoms. The molecule has 0 amide bonds. The molecular weight excluding hydrogens is 294 g/mol. The molecule has 1 aliphatic heterocycles. The number of hydrogen-bond donors (Lipinski definition) is 1. The molecule has 1 fully saturated rings. The highest BCUT2D eigenvalue weighted by Crippen LogP contribution is 2.17. The molecule has 0 aliphatic carbocycles. The van der Waals surface area contributed by atoms with Gasteiger partial charge in [-0.1, -0.05) is 30.2 Å². The van der Waals surface area contributed by atoms with E-state index in [1.54, 1.807) is 0 Å². The first-order chi connectivity index (χ1) is 10.8. The van der Waals surface area contributed by atoms with E-state index < -0.39 is 0 Å². The minimum atomic E-state index is 0.835. The molecule has 1 N–H and O–H groups in total. The average molecular weight is 324 g/mol. The molecule has 1 saturated heterocycles. The van der Waals surface area contributed by atoms with Crippen LogP contribution < -0.4 is 5.32 Å². The van der Waals surface area contributed by atoms with E-state index in [0.717, 1.165) is 37.0 Å². The molecule has 124 valence electrons. The Morgan fingerprint density at radius 1 is 1.14 bits per heavy atom. The van der Waals surface area contributed by atoms with Gasteiger partial charge in [-0.2, -0.15) is 0 Å². The molecule has 1 heterocycles. The van der Waals surface area contributed by atoms with Crippen LogP contribution in [0.2, 0.25) is 5.02 Å². The Morgan fingerprint density at radius 2 is 2.00 bits per heavy atom. The van der Waals surface area contributed by atoms with E-state index in [0.29, 0.717) is 0 Å². The van der Waals surface area contributed by atoms with Crippen molar-refractivity contribution in [2.24, 2.45) is 5.92 Å². The Balaban J connectivity index is 1.38. The predicted molar refractivity (Wildman–Crippen MR) is 94.7 cm³/mol. The fourth-order valence-corrected chi connectivity index (χ4v) is 3.35. The van der Waals surface area contributed by atoms with Crippen LogP contribution in [0.5, 0.6) is 0 Å². The van der Waals surface area contributed by atoms with E-state index in [-0.39, 0.29) is 0 Å². The molecule has 2 rings (SSSR count). The first kappa shape index (κ1) is 17.8. The van der Waals surface area contributed by atoms with Gasteiger partial charge in [-0.05, 0) is 81.6 Å². The maximum absolute atomic E-state index is 5.98. The second kappa shape index (κ2) is 11.0. The van der Waals surface area contributed by atoms with Crippen LogP contribution in [0.3, 0.4) is 0 Å². The van der Waals surface area contributed by atoms with Crippen molar-refractivity contribution in [2.75, 3.05) is 26.3 Å². The molecule has 0 radical (unpaired) electrons. The zero-order chi connectivity index (χ0) is 15.5. The summed E-state index contributed by atoms with van der Waals surface area (Å²) >= 11 is 5.98. The second-order valence-corrected chi connectivity index (χ2v) is 6.84. The third kappa shape index (κ3) is 7.62. The van der Waals surface area contributed by atoms with Crippen LogP contribution in [0.4, 0.5) is 0 Å². The van der Waals surface area contributed by atoms with Gasteiger partial charge in [0, 0.05) is 18.2 Å². The van der Waals surface area contributed by atoms with Gasteiger partial charge in [-0.3, -0.25) is 0 Å². The SMILES string of the molecule is Clc1cccc(CCCCOCCCCC2CCCNC2)c1. The number of halogens is 1. The summed E-state index contributed by atoms with van der Waals surface area (Å²) in [5.41, 5.74) is 1.33. The molecule has 0 spiro atoms. The van der Waals surface area contributed by atoms with Crippen LogP contribution in [0.25, 0.3) is 0 Å². The summed E-state index contributed by atoms with van der Waals surface area (Å²) in [5, 5.41) is 4.32. The van der Waals surface area contributed by atoms with E-state index in [1.807, 2.05) is 12.1 Å². The van der Waals surface area contributed by atoms with E-state index in [9.17, 15) is 0 Å². The minimum absolute atomic E-state index is 0.835. The number of nitrogens with one attached hydrogen (secondary N) is 1. The summed E-state index contributed by atoms with van der Waals surface area (Å²) in [5.74, 6) is 0.909. The summed E-state index contributed by atoms with van der Waals surface area (Å²) < 4.78 is 5.74. The van der Waals surface area contributed by atoms with Crippen LogP contribution in [-0.4, -0.2) is 26.3 Å². The molecule has 0 aromatic heterocycles. The van der Waals surface area contributed by atoms with E-state index in [4.69, 9.17) is 16.3 Å². The van der Waals surface area contributed by atoms with Gasteiger partial charge < -0.3 is 10.1 Å². The van der Waals surface area contributed by atoms with Crippen LogP contribution in [0.15, 0.2) is 24.3 Å². The number of unbranched alkanes of at least 4 members (excludes halogenated alkanes) is 2. The number of benzene rings is 1. The Labute approximate surface area is 140 Å². The van der Waals surface area contributed by atoms with Gasteiger partial charge in [-0.15, -0.1) is 0 Å². The highest BCUT2D eigenvalue weighted by Gasteiger charge is 2.11. The highest BCUT2D eigenvalue weighted by molar-refractivity contribution is 6.30. The summed E-state index contributed by atoms with van der Waals surface area (Å²) in [6.07, 6.45) is 10.1. The van der Waals surface area contributed by atoms with Crippen molar-refractivity contribution in [3.05, 3.63) is 34.9 Å². The fourth-order valence-electron chi connectivity index (χ4n) is 3.14. The topological polar surface area (TPSA) is 21.3 Å². The van der Waals surface area contributed by atoms with Gasteiger partial charge >= 0.3 is 0 Å². The first-order valence-electron chi connectivity index (χ1n) is 8.87. The van der Waals surface area contributed by atoms with Gasteiger partial charge in [0.05, 0.1) is 0 Å². The molecule has 1 unspecified atom stereocenters. The Bertz CT molecular complexity index is 404. The predicted octanol–water partition coefficient (Wildman–Crippen LogP) is 4.85. The van der Waals surface area contributed by atoms with Gasteiger partial charge in [0.2, 0.25) is 0 Å². The van der Waals surface area contributed by atoms with Crippen molar-refractivity contribution in [1.82, 2.24) is 5.32 Å². The Hall–Kier alpha value is -0.570. The molecular formula is C19H30ClNO. The number of rotatable bonds is 10. The minimum Gasteiger partial charge on any atom is -0.381 e. The van der Waals surface area contributed by atoms with E-state index in [2.05, 4.69) is 17.4 Å². The number of ether oxygens (including phenoxy) is 1. The lowest BCUT2D eigenvalue weighted by Crippen LogP contribution is -2.29. The van der Waals surface area contributed by atoms with Crippen molar-refractivity contribution in [1.29, 1.82) is 0 Å². The van der Waals surface area contributed by atoms with Gasteiger partial charge in [0.1, 0.15) is 0 Å². The number of hydrogen-bond acceptors (Lipinski definition) is 2. The van der Waals surface area contributed by atoms with Gasteiger partial charge in [-0.25, -0.2) is 0 Å². The first-order valence-corrected chi connectivity index (χ1v) is 9.25. The number of aryl methyl sites for hydroxylation is 1. The maximum Gasteiger partial charge on any atom is 0.0466 e. The molecule has 1 aliphatic rings. The summed E-state index contributed by atoms with van der Waals surface area (Å²) in [4.78, 5) is 0. The molecule has 1 atom stereocenters. The molecule has 0 bridgehead atoms. The van der Waals surface area contributed by atoms with Crippen molar-refractivity contribution >= 4 is 11.6 Å². The fraction of sp³-hybridized carbons (Fsp3) is 0.684. The summed E-state index contributed by atoms with van der Waals surface area (Å²) in [7, 11) is 0. The lowest BCUT2D eigenvalue weighted by Gasteiger charge is -2.22. The molecule has 0 saturated carbocycles. The van der Waals surface area contributed by atoms with Gasteiger partial charge in [0.15, 0.2) is 0 Å². The third-order valence-electron chi connectivity index (χ3n) is 4.44. The largest absolute Gasteiger partial charge is 0.381 e. The van der Waals surface area contributed by atoms with Crippen molar-refractivity contribution in [3.63, 3.8) is 0 Å². The maximum atomic E-state index is 5.98. The van der Waals surface area contributed by atoms with E-state index >= 15 is 0 Å². The summed E-state index contributed by atoms with van der Waals surface area (Å²) in [6, 6.07) is 8.16.